The highest BCUT2D eigenvalue weighted by molar-refractivity contribution is 5.90. The van der Waals surface area contributed by atoms with Crippen molar-refractivity contribution in [3.8, 4) is 11.5 Å². The van der Waals surface area contributed by atoms with E-state index in [0.29, 0.717) is 33.6 Å². The molecule has 1 heterocycles. The van der Waals surface area contributed by atoms with Crippen LogP contribution < -0.4 is 20.4 Å². The molecule has 0 aliphatic heterocycles. The zero-order valence-electron chi connectivity index (χ0n) is 16.5. The third kappa shape index (κ3) is 4.41. The zero-order chi connectivity index (χ0) is 21.0. The van der Waals surface area contributed by atoms with Crippen LogP contribution in [0.15, 0.2) is 51.7 Å². The fraction of sp³-hybridized carbons (Fsp3) is 0.273. The molecule has 3 rings (SSSR count). The van der Waals surface area contributed by atoms with E-state index < -0.39 is 11.7 Å². The molecule has 2 N–H and O–H groups in total. The van der Waals surface area contributed by atoms with E-state index in [2.05, 4.69) is 5.32 Å². The van der Waals surface area contributed by atoms with Crippen molar-refractivity contribution in [3.63, 3.8) is 0 Å². The number of benzene rings is 2. The van der Waals surface area contributed by atoms with Gasteiger partial charge < -0.3 is 24.3 Å². The molecule has 2 aromatic carbocycles. The lowest BCUT2D eigenvalue weighted by molar-refractivity contribution is -0.120. The Bertz CT molecular complexity index is 1070. The summed E-state index contributed by atoms with van der Waals surface area (Å²) < 4.78 is 16.0. The van der Waals surface area contributed by atoms with E-state index >= 15 is 0 Å². The number of carbonyl (C=O) groups excluding carboxylic acids is 1. The van der Waals surface area contributed by atoms with E-state index in [1.165, 1.54) is 14.2 Å². The van der Waals surface area contributed by atoms with Crippen LogP contribution >= 0.6 is 0 Å². The van der Waals surface area contributed by atoms with E-state index in [9.17, 15) is 14.7 Å². The molecule has 1 aromatic heterocycles. The van der Waals surface area contributed by atoms with Crippen LogP contribution in [0.25, 0.3) is 11.0 Å². The Hall–Kier alpha value is -3.32. The minimum atomic E-state index is -0.832. The standard InChI is InChI=1S/C22H23NO6/c1-13-16(11-20(25)23-12-17(24)14-7-5-4-6-8-14)22(26)29-19-10-15(27-2)9-18(28-3)21(13)19/h4-10,17,24H,11-12H2,1-3H3,(H,23,25). The first kappa shape index (κ1) is 20.4. The largest absolute Gasteiger partial charge is 0.496 e. The first-order chi connectivity index (χ1) is 13.9. The second-order valence-electron chi connectivity index (χ2n) is 6.60. The molecule has 7 nitrogen and oxygen atoms in total. The Balaban J connectivity index is 1.82. The van der Waals surface area contributed by atoms with Crippen LogP contribution in [0.3, 0.4) is 0 Å². The predicted octanol–water partition coefficient (Wildman–Crippen LogP) is 2.51. The maximum absolute atomic E-state index is 12.5. The number of aryl methyl sites for hydroxylation is 1. The summed E-state index contributed by atoms with van der Waals surface area (Å²) in [5.41, 5.74) is 1.28. The summed E-state index contributed by atoms with van der Waals surface area (Å²) in [6.07, 6.45) is -0.998. The molecule has 0 bridgehead atoms. The number of hydrogen-bond acceptors (Lipinski definition) is 6. The molecular weight excluding hydrogens is 374 g/mol. The maximum atomic E-state index is 12.5. The molecule has 29 heavy (non-hydrogen) atoms. The fourth-order valence-electron chi connectivity index (χ4n) is 3.19. The number of carbonyl (C=O) groups is 1. The van der Waals surface area contributed by atoms with Crippen LogP contribution in [0, 0.1) is 6.92 Å². The highest BCUT2D eigenvalue weighted by atomic mass is 16.5. The third-order valence-corrected chi connectivity index (χ3v) is 4.79. The summed E-state index contributed by atoms with van der Waals surface area (Å²) in [5.74, 6) is 0.598. The molecule has 0 saturated heterocycles. The van der Waals surface area contributed by atoms with Crippen LogP contribution in [0.1, 0.15) is 22.8 Å². The molecule has 1 atom stereocenters. The SMILES string of the molecule is COc1cc(OC)c2c(C)c(CC(=O)NCC(O)c3ccccc3)c(=O)oc2c1. The number of aliphatic hydroxyl groups excluding tert-OH is 1. The van der Waals surface area contributed by atoms with E-state index in [0.717, 1.165) is 0 Å². The van der Waals surface area contributed by atoms with Crippen molar-refractivity contribution < 1.29 is 23.8 Å². The smallest absolute Gasteiger partial charge is 0.340 e. The predicted molar refractivity (Wildman–Crippen MR) is 108 cm³/mol. The van der Waals surface area contributed by atoms with E-state index in [1.807, 2.05) is 18.2 Å². The van der Waals surface area contributed by atoms with Gasteiger partial charge in [-0.3, -0.25) is 4.79 Å². The minimum Gasteiger partial charge on any atom is -0.496 e. The van der Waals surface area contributed by atoms with Gasteiger partial charge in [-0.15, -0.1) is 0 Å². The zero-order valence-corrected chi connectivity index (χ0v) is 16.5. The van der Waals surface area contributed by atoms with Crippen molar-refractivity contribution in [3.05, 3.63) is 69.6 Å². The van der Waals surface area contributed by atoms with Crippen molar-refractivity contribution in [2.45, 2.75) is 19.4 Å². The highest BCUT2D eigenvalue weighted by Crippen LogP contribution is 2.33. The molecule has 0 radical (unpaired) electrons. The van der Waals surface area contributed by atoms with Gasteiger partial charge in [0.25, 0.3) is 0 Å². The Morgan fingerprint density at radius 1 is 1.17 bits per heavy atom. The Labute approximate surface area is 167 Å². The Kier molecular flexibility index (Phi) is 6.19. The van der Waals surface area contributed by atoms with E-state index in [1.54, 1.807) is 31.2 Å². The maximum Gasteiger partial charge on any atom is 0.340 e. The molecule has 0 saturated carbocycles. The van der Waals surface area contributed by atoms with Crippen molar-refractivity contribution >= 4 is 16.9 Å². The number of hydrogen-bond donors (Lipinski definition) is 2. The molecule has 1 unspecified atom stereocenters. The molecule has 0 aliphatic carbocycles. The van der Waals surface area contributed by atoms with Crippen molar-refractivity contribution in [2.75, 3.05) is 20.8 Å². The molecule has 7 heteroatoms. The van der Waals surface area contributed by atoms with Crippen LogP contribution in [-0.4, -0.2) is 31.8 Å². The molecule has 0 spiro atoms. The molecule has 3 aromatic rings. The summed E-state index contributed by atoms with van der Waals surface area (Å²) in [6.45, 7) is 1.79. The average molecular weight is 397 g/mol. The summed E-state index contributed by atoms with van der Waals surface area (Å²) in [5, 5.41) is 13.4. The molecule has 1 amide bonds. The lowest BCUT2D eigenvalue weighted by Gasteiger charge is -2.14. The number of ether oxygens (including phenoxy) is 2. The van der Waals surface area contributed by atoms with E-state index in [4.69, 9.17) is 13.9 Å². The van der Waals surface area contributed by atoms with Gasteiger partial charge in [-0.05, 0) is 18.1 Å². The summed E-state index contributed by atoms with van der Waals surface area (Å²) in [7, 11) is 3.02. The van der Waals surface area contributed by atoms with Crippen molar-refractivity contribution in [1.82, 2.24) is 5.32 Å². The fourth-order valence-corrected chi connectivity index (χ4v) is 3.19. The van der Waals surface area contributed by atoms with Crippen LogP contribution in [0.4, 0.5) is 0 Å². The second-order valence-corrected chi connectivity index (χ2v) is 6.60. The topological polar surface area (TPSA) is 98.0 Å². The first-order valence-corrected chi connectivity index (χ1v) is 9.12. The number of methoxy groups -OCH3 is 2. The highest BCUT2D eigenvalue weighted by Gasteiger charge is 2.19. The van der Waals surface area contributed by atoms with Crippen LogP contribution in [-0.2, 0) is 11.2 Å². The van der Waals surface area contributed by atoms with Crippen LogP contribution in [0.5, 0.6) is 11.5 Å². The molecular formula is C22H23NO6. The van der Waals surface area contributed by atoms with Gasteiger partial charge in [-0.1, -0.05) is 30.3 Å². The Morgan fingerprint density at radius 3 is 2.55 bits per heavy atom. The number of aliphatic hydroxyl groups is 1. The lowest BCUT2D eigenvalue weighted by atomic mass is 10.0. The van der Waals surface area contributed by atoms with E-state index in [-0.39, 0.29) is 24.4 Å². The lowest BCUT2D eigenvalue weighted by Crippen LogP contribution is -2.31. The molecule has 152 valence electrons. The average Bonchev–Trinajstić information content (AvgIpc) is 2.74. The van der Waals surface area contributed by atoms with Crippen LogP contribution in [0.2, 0.25) is 0 Å². The van der Waals surface area contributed by atoms with Crippen molar-refractivity contribution in [1.29, 1.82) is 0 Å². The van der Waals surface area contributed by atoms with Gasteiger partial charge >= 0.3 is 5.63 Å². The van der Waals surface area contributed by atoms with Crippen molar-refractivity contribution in [2.24, 2.45) is 0 Å². The minimum absolute atomic E-state index is 0.0430. The Morgan fingerprint density at radius 2 is 1.90 bits per heavy atom. The third-order valence-electron chi connectivity index (χ3n) is 4.79. The summed E-state index contributed by atoms with van der Waals surface area (Å²) >= 11 is 0. The number of nitrogens with one attached hydrogen (secondary N) is 1. The summed E-state index contributed by atoms with van der Waals surface area (Å²) in [6, 6.07) is 12.3. The van der Waals surface area contributed by atoms with Gasteiger partial charge in [0.15, 0.2) is 0 Å². The molecule has 0 fully saturated rings. The first-order valence-electron chi connectivity index (χ1n) is 9.12. The second kappa shape index (κ2) is 8.79. The van der Waals surface area contributed by atoms with Gasteiger partial charge in [-0.2, -0.15) is 0 Å². The number of amides is 1. The normalized spacial score (nSPS) is 11.9. The quantitative estimate of drug-likeness (QED) is 0.595. The van der Waals surface area contributed by atoms with Gasteiger partial charge in [-0.25, -0.2) is 4.79 Å². The summed E-state index contributed by atoms with van der Waals surface area (Å²) in [4.78, 5) is 24.9. The van der Waals surface area contributed by atoms with Gasteiger partial charge in [0.1, 0.15) is 17.1 Å². The molecule has 0 aliphatic rings. The number of rotatable bonds is 7. The van der Waals surface area contributed by atoms with Gasteiger partial charge in [0, 0.05) is 18.7 Å². The number of fused-ring (bicyclic) bond motifs is 1. The van der Waals surface area contributed by atoms with Gasteiger partial charge in [0.2, 0.25) is 5.91 Å². The monoisotopic (exact) mass is 397 g/mol. The van der Waals surface area contributed by atoms with Gasteiger partial charge in [0.05, 0.1) is 37.7 Å².